The molecule has 0 spiro atoms. The van der Waals surface area contributed by atoms with Crippen molar-refractivity contribution in [3.05, 3.63) is 59.7 Å². The lowest BCUT2D eigenvalue weighted by atomic mass is 9.91. The highest BCUT2D eigenvalue weighted by molar-refractivity contribution is 7.89. The van der Waals surface area contributed by atoms with Crippen LogP contribution in [0.2, 0.25) is 0 Å². The summed E-state index contributed by atoms with van der Waals surface area (Å²) in [6, 6.07) is 15.0. The van der Waals surface area contributed by atoms with E-state index in [1.54, 1.807) is 21.3 Å². The van der Waals surface area contributed by atoms with E-state index in [0.717, 1.165) is 32.1 Å². The number of ether oxygens (including phenoxy) is 1. The number of likely N-dealkylation sites (tertiary alicyclic amines) is 1. The van der Waals surface area contributed by atoms with Crippen LogP contribution in [0.3, 0.4) is 0 Å². The Kier molecular flexibility index (Phi) is 6.62. The topological polar surface area (TPSA) is 66.9 Å². The fourth-order valence-corrected chi connectivity index (χ4v) is 6.05. The van der Waals surface area contributed by atoms with Crippen LogP contribution in [-0.2, 0) is 16.4 Å². The van der Waals surface area contributed by atoms with Crippen molar-refractivity contribution in [1.29, 1.82) is 0 Å². The van der Waals surface area contributed by atoms with E-state index < -0.39 is 10.0 Å². The first-order valence-electron chi connectivity index (χ1n) is 11.0. The average molecular weight is 443 g/mol. The van der Waals surface area contributed by atoms with Gasteiger partial charge in [-0.3, -0.25) is 4.79 Å². The predicted octanol–water partition coefficient (Wildman–Crippen LogP) is 3.57. The van der Waals surface area contributed by atoms with Gasteiger partial charge in [0.1, 0.15) is 5.75 Å². The molecule has 0 bridgehead atoms. The normalized spacial score (nSPS) is 18.3. The number of carbonyl (C=O) groups is 1. The van der Waals surface area contributed by atoms with Gasteiger partial charge in [-0.25, -0.2) is 8.42 Å². The zero-order valence-electron chi connectivity index (χ0n) is 18.0. The van der Waals surface area contributed by atoms with Crippen molar-refractivity contribution in [2.75, 3.05) is 33.3 Å². The summed E-state index contributed by atoms with van der Waals surface area (Å²) in [6.45, 7) is 2.41. The summed E-state index contributed by atoms with van der Waals surface area (Å²) in [5, 5.41) is 0. The molecule has 1 amide bonds. The van der Waals surface area contributed by atoms with Gasteiger partial charge in [-0.15, -0.1) is 0 Å². The number of hydrogen-bond acceptors (Lipinski definition) is 4. The molecular formula is C24H30N2O4S. The molecule has 0 N–H and O–H groups in total. The molecule has 0 radical (unpaired) electrons. The number of benzene rings is 2. The van der Waals surface area contributed by atoms with E-state index in [0.29, 0.717) is 43.4 Å². The van der Waals surface area contributed by atoms with Crippen LogP contribution in [-0.4, -0.2) is 56.8 Å². The minimum Gasteiger partial charge on any atom is -0.496 e. The Hall–Kier alpha value is -2.38. The molecule has 2 aromatic rings. The molecule has 31 heavy (non-hydrogen) atoms. The molecule has 2 heterocycles. The summed E-state index contributed by atoms with van der Waals surface area (Å²) in [7, 11) is -2.15. The predicted molar refractivity (Wildman–Crippen MR) is 120 cm³/mol. The molecule has 2 aliphatic heterocycles. The summed E-state index contributed by atoms with van der Waals surface area (Å²) in [6.07, 6.45) is 4.60. The second-order valence-corrected chi connectivity index (χ2v) is 10.3. The fraction of sp³-hybridized carbons (Fsp3) is 0.458. The maximum atomic E-state index is 13.3. The van der Waals surface area contributed by atoms with Crippen LogP contribution in [0, 0.1) is 5.92 Å². The zero-order valence-corrected chi connectivity index (χ0v) is 18.8. The van der Waals surface area contributed by atoms with Gasteiger partial charge in [0.15, 0.2) is 0 Å². The molecule has 2 aliphatic rings. The number of carbonyl (C=O) groups excluding carboxylic acids is 1. The maximum absolute atomic E-state index is 13.3. The molecule has 0 aromatic heterocycles. The molecule has 0 atom stereocenters. The van der Waals surface area contributed by atoms with Crippen molar-refractivity contribution in [2.45, 2.75) is 37.0 Å². The van der Waals surface area contributed by atoms with Crippen molar-refractivity contribution in [2.24, 2.45) is 5.92 Å². The summed E-state index contributed by atoms with van der Waals surface area (Å²) < 4.78 is 33.5. The Balaban J connectivity index is 1.48. The van der Waals surface area contributed by atoms with E-state index in [2.05, 4.69) is 12.1 Å². The molecule has 0 saturated carbocycles. The van der Waals surface area contributed by atoms with Gasteiger partial charge in [0, 0.05) is 26.2 Å². The zero-order chi connectivity index (χ0) is 21.8. The minimum absolute atomic E-state index is 0.159. The highest BCUT2D eigenvalue weighted by atomic mass is 32.2. The average Bonchev–Trinajstić information content (AvgIpc) is 3.34. The smallest absolute Gasteiger partial charge is 0.257 e. The molecular weight excluding hydrogens is 412 g/mol. The van der Waals surface area contributed by atoms with Crippen LogP contribution >= 0.6 is 0 Å². The summed E-state index contributed by atoms with van der Waals surface area (Å²) >= 11 is 0. The second kappa shape index (κ2) is 9.40. The third kappa shape index (κ3) is 4.77. The van der Waals surface area contributed by atoms with Crippen LogP contribution in [0.5, 0.6) is 5.75 Å². The molecule has 2 aromatic carbocycles. The fourth-order valence-electron chi connectivity index (χ4n) is 4.56. The van der Waals surface area contributed by atoms with Crippen molar-refractivity contribution in [1.82, 2.24) is 9.21 Å². The van der Waals surface area contributed by atoms with Gasteiger partial charge < -0.3 is 9.64 Å². The van der Waals surface area contributed by atoms with Gasteiger partial charge in [0.2, 0.25) is 10.0 Å². The van der Waals surface area contributed by atoms with Gasteiger partial charge in [-0.1, -0.05) is 30.3 Å². The SMILES string of the molecule is COc1ccc(S(=O)(=O)N2CCC(Cc3ccccc3)CC2)cc1C(=O)N1CCCC1. The molecule has 0 unspecified atom stereocenters. The van der Waals surface area contributed by atoms with Crippen molar-refractivity contribution in [3.63, 3.8) is 0 Å². The number of methoxy groups -OCH3 is 1. The minimum atomic E-state index is -3.66. The van der Waals surface area contributed by atoms with E-state index in [-0.39, 0.29) is 10.8 Å². The van der Waals surface area contributed by atoms with E-state index in [1.165, 1.54) is 18.7 Å². The Morgan fingerprint density at radius 3 is 2.32 bits per heavy atom. The number of nitrogens with zero attached hydrogens (tertiary/aromatic N) is 2. The van der Waals surface area contributed by atoms with E-state index in [9.17, 15) is 13.2 Å². The molecule has 7 heteroatoms. The van der Waals surface area contributed by atoms with Crippen LogP contribution in [0.1, 0.15) is 41.6 Å². The lowest BCUT2D eigenvalue weighted by Crippen LogP contribution is -2.39. The van der Waals surface area contributed by atoms with E-state index in [4.69, 9.17) is 4.74 Å². The summed E-state index contributed by atoms with van der Waals surface area (Å²) in [4.78, 5) is 14.9. The van der Waals surface area contributed by atoms with E-state index >= 15 is 0 Å². The quantitative estimate of drug-likeness (QED) is 0.686. The standard InChI is InChI=1S/C24H30N2O4S/c1-30-23-10-9-21(18-22(23)24(27)25-13-5-6-14-25)31(28,29)26-15-11-20(12-16-26)17-19-7-3-2-4-8-19/h2-4,7-10,18,20H,5-6,11-17H2,1H3. The van der Waals surface area contributed by atoms with Crippen molar-refractivity contribution >= 4 is 15.9 Å². The largest absolute Gasteiger partial charge is 0.496 e. The Labute approximate surface area is 184 Å². The number of amides is 1. The highest BCUT2D eigenvalue weighted by Gasteiger charge is 2.31. The number of piperidine rings is 1. The van der Waals surface area contributed by atoms with Gasteiger partial charge in [-0.2, -0.15) is 4.31 Å². The summed E-state index contributed by atoms with van der Waals surface area (Å²) in [5.74, 6) is 0.738. The maximum Gasteiger partial charge on any atom is 0.257 e. The number of sulfonamides is 1. The van der Waals surface area contributed by atoms with Gasteiger partial charge in [0.05, 0.1) is 17.6 Å². The lowest BCUT2D eigenvalue weighted by molar-refractivity contribution is 0.0789. The molecule has 0 aliphatic carbocycles. The molecule has 166 valence electrons. The van der Waals surface area contributed by atoms with Crippen LogP contribution < -0.4 is 4.74 Å². The second-order valence-electron chi connectivity index (χ2n) is 8.40. The Morgan fingerprint density at radius 1 is 1.00 bits per heavy atom. The monoisotopic (exact) mass is 442 g/mol. The van der Waals surface area contributed by atoms with E-state index in [1.807, 2.05) is 18.2 Å². The van der Waals surface area contributed by atoms with Crippen molar-refractivity contribution in [3.8, 4) is 5.75 Å². The molecule has 2 fully saturated rings. The van der Waals surface area contributed by atoms with Crippen LogP contribution in [0.25, 0.3) is 0 Å². The van der Waals surface area contributed by atoms with Crippen LogP contribution in [0.15, 0.2) is 53.4 Å². The number of rotatable bonds is 6. The summed E-state index contributed by atoms with van der Waals surface area (Å²) in [5.41, 5.74) is 1.62. The third-order valence-corrected chi connectivity index (χ3v) is 8.27. The Bertz CT molecular complexity index is 1010. The highest BCUT2D eigenvalue weighted by Crippen LogP contribution is 2.30. The molecule has 4 rings (SSSR count). The van der Waals surface area contributed by atoms with Gasteiger partial charge in [0.25, 0.3) is 5.91 Å². The number of hydrogen-bond donors (Lipinski definition) is 0. The first-order valence-corrected chi connectivity index (χ1v) is 12.4. The van der Waals surface area contributed by atoms with Crippen LogP contribution in [0.4, 0.5) is 0 Å². The van der Waals surface area contributed by atoms with Gasteiger partial charge >= 0.3 is 0 Å². The van der Waals surface area contributed by atoms with Gasteiger partial charge in [-0.05, 0) is 61.8 Å². The van der Waals surface area contributed by atoms with Crippen molar-refractivity contribution < 1.29 is 17.9 Å². The molecule has 2 saturated heterocycles. The first kappa shape index (κ1) is 21.8. The molecule has 6 nitrogen and oxygen atoms in total. The first-order chi connectivity index (χ1) is 15.0. The third-order valence-electron chi connectivity index (χ3n) is 6.37. The Morgan fingerprint density at radius 2 is 1.68 bits per heavy atom. The lowest BCUT2D eigenvalue weighted by Gasteiger charge is -2.31.